The quantitative estimate of drug-likeness (QED) is 0.337. The normalized spacial score (nSPS) is 13.6. The monoisotopic (exact) mass is 254 g/mol. The summed E-state index contributed by atoms with van der Waals surface area (Å²) in [6, 6.07) is 0. The van der Waals surface area contributed by atoms with Crippen molar-refractivity contribution < 1.29 is 4.43 Å². The van der Waals surface area contributed by atoms with Crippen LogP contribution in [0.25, 0.3) is 0 Å². The summed E-state index contributed by atoms with van der Waals surface area (Å²) in [6.45, 7) is 9.91. The van der Waals surface area contributed by atoms with Crippen molar-refractivity contribution in [3.05, 3.63) is 24.3 Å². The fourth-order valence-electron chi connectivity index (χ4n) is 1.36. The van der Waals surface area contributed by atoms with E-state index in [9.17, 15) is 0 Å². The molecule has 2 heteroatoms. The third-order valence-corrected chi connectivity index (χ3v) is 3.65. The minimum atomic E-state index is -0.352. The molecule has 0 bridgehead atoms. The van der Waals surface area contributed by atoms with Crippen LogP contribution < -0.4 is 0 Å². The Balaban J connectivity index is 3.28. The highest BCUT2D eigenvalue weighted by molar-refractivity contribution is 6.31. The minimum absolute atomic E-state index is 0.352. The van der Waals surface area contributed by atoms with Gasteiger partial charge < -0.3 is 4.43 Å². The van der Waals surface area contributed by atoms with Crippen LogP contribution >= 0.6 is 0 Å². The molecule has 0 aromatic heterocycles. The van der Waals surface area contributed by atoms with E-state index in [4.69, 9.17) is 4.43 Å². The second kappa shape index (κ2) is 10.8. The summed E-state index contributed by atoms with van der Waals surface area (Å²) in [5.41, 5.74) is 0. The smallest absolute Gasteiger partial charge is 0.166 e. The van der Waals surface area contributed by atoms with Crippen molar-refractivity contribution >= 4 is 9.76 Å². The van der Waals surface area contributed by atoms with E-state index in [1.54, 1.807) is 0 Å². The lowest BCUT2D eigenvalue weighted by Gasteiger charge is -2.16. The molecule has 0 aliphatic rings. The van der Waals surface area contributed by atoms with E-state index in [2.05, 4.69) is 52.0 Å². The molecular weight excluding hydrogens is 224 g/mol. The van der Waals surface area contributed by atoms with Crippen LogP contribution in [0.3, 0.4) is 0 Å². The summed E-state index contributed by atoms with van der Waals surface area (Å²) in [6.07, 6.45) is 15.0. The highest BCUT2D eigenvalue weighted by atomic mass is 28.2. The van der Waals surface area contributed by atoms with Crippen molar-refractivity contribution in [3.8, 4) is 0 Å². The maximum Gasteiger partial charge on any atom is 0.166 e. The van der Waals surface area contributed by atoms with Crippen molar-refractivity contribution in [2.45, 2.75) is 64.8 Å². The van der Waals surface area contributed by atoms with Gasteiger partial charge in [-0.25, -0.2) is 0 Å². The fraction of sp³-hybridized carbons (Fsp3) is 0.733. The molecule has 0 spiro atoms. The molecule has 100 valence electrons. The minimum Gasteiger partial charge on any atom is -0.423 e. The Kier molecular flexibility index (Phi) is 10.6. The Labute approximate surface area is 110 Å². The van der Waals surface area contributed by atoms with Crippen LogP contribution in [0, 0.1) is 0 Å². The second-order valence-corrected chi connectivity index (χ2v) is 8.54. The molecule has 0 saturated carbocycles. The molecule has 0 atom stereocenters. The van der Waals surface area contributed by atoms with Gasteiger partial charge >= 0.3 is 0 Å². The maximum absolute atomic E-state index is 5.73. The van der Waals surface area contributed by atoms with Gasteiger partial charge in [0.05, 0.1) is 0 Å². The number of rotatable bonds is 9. The van der Waals surface area contributed by atoms with Crippen molar-refractivity contribution in [2.75, 3.05) is 6.61 Å². The second-order valence-electron chi connectivity index (χ2n) is 5.72. The molecule has 0 saturated heterocycles. The van der Waals surface area contributed by atoms with Crippen LogP contribution in [0.15, 0.2) is 24.3 Å². The predicted molar refractivity (Wildman–Crippen MR) is 81.3 cm³/mol. The molecule has 0 unspecified atom stereocenters. The SMILES string of the molecule is CCCCC=CCC=CCCO[SiH2]C(C)(C)C. The highest BCUT2D eigenvalue weighted by Crippen LogP contribution is 2.19. The first kappa shape index (κ1) is 16.7. The Morgan fingerprint density at radius 2 is 1.65 bits per heavy atom. The lowest BCUT2D eigenvalue weighted by molar-refractivity contribution is 0.328. The van der Waals surface area contributed by atoms with Gasteiger partial charge in [0.1, 0.15) is 0 Å². The molecule has 0 fully saturated rings. The van der Waals surface area contributed by atoms with Crippen molar-refractivity contribution in [1.29, 1.82) is 0 Å². The first-order valence-corrected chi connectivity index (χ1v) is 8.22. The van der Waals surface area contributed by atoms with Crippen molar-refractivity contribution in [3.63, 3.8) is 0 Å². The van der Waals surface area contributed by atoms with Crippen LogP contribution in [0.2, 0.25) is 5.04 Å². The molecule has 0 aliphatic carbocycles. The van der Waals surface area contributed by atoms with E-state index in [1.165, 1.54) is 19.3 Å². The van der Waals surface area contributed by atoms with E-state index >= 15 is 0 Å². The molecule has 0 rings (SSSR count). The van der Waals surface area contributed by atoms with Crippen LogP contribution in [-0.2, 0) is 4.43 Å². The Bertz CT molecular complexity index is 213. The van der Waals surface area contributed by atoms with Gasteiger partial charge in [-0.15, -0.1) is 0 Å². The van der Waals surface area contributed by atoms with Gasteiger partial charge in [-0.3, -0.25) is 0 Å². The van der Waals surface area contributed by atoms with Crippen molar-refractivity contribution in [1.82, 2.24) is 0 Å². The standard InChI is InChI=1S/C15H30OSi/c1-5-6-7-8-9-10-11-12-13-14-16-17-15(2,3)4/h8-9,11-12H,5-7,10,13-14,17H2,1-4H3. The average Bonchev–Trinajstić information content (AvgIpc) is 2.24. The summed E-state index contributed by atoms with van der Waals surface area (Å²) >= 11 is 0. The lowest BCUT2D eigenvalue weighted by atomic mass is 10.2. The average molecular weight is 254 g/mol. The number of hydrogen-bond donors (Lipinski definition) is 0. The number of hydrogen-bond acceptors (Lipinski definition) is 1. The van der Waals surface area contributed by atoms with Gasteiger partial charge in [0, 0.05) is 6.61 Å². The summed E-state index contributed by atoms with van der Waals surface area (Å²) < 4.78 is 5.73. The van der Waals surface area contributed by atoms with Crippen LogP contribution in [0.4, 0.5) is 0 Å². The molecule has 0 amide bonds. The summed E-state index contributed by atoms with van der Waals surface area (Å²) in [4.78, 5) is 0. The van der Waals surface area contributed by atoms with Gasteiger partial charge in [0.2, 0.25) is 0 Å². The fourth-order valence-corrected chi connectivity index (χ4v) is 2.28. The first-order valence-electron chi connectivity index (χ1n) is 6.94. The molecular formula is C15H30OSi. The topological polar surface area (TPSA) is 9.23 Å². The number of allylic oxidation sites excluding steroid dienone is 3. The third kappa shape index (κ3) is 15.7. The predicted octanol–water partition coefficient (Wildman–Crippen LogP) is 4.39. The lowest BCUT2D eigenvalue weighted by Crippen LogP contribution is -2.12. The Morgan fingerprint density at radius 1 is 1.00 bits per heavy atom. The van der Waals surface area contributed by atoms with Crippen LogP contribution in [0.5, 0.6) is 0 Å². The van der Waals surface area contributed by atoms with E-state index in [0.717, 1.165) is 19.4 Å². The highest BCUT2D eigenvalue weighted by Gasteiger charge is 2.10. The first-order chi connectivity index (χ1) is 8.06. The molecule has 0 aromatic rings. The van der Waals surface area contributed by atoms with E-state index in [-0.39, 0.29) is 9.76 Å². The maximum atomic E-state index is 5.73. The molecule has 0 aromatic carbocycles. The van der Waals surface area contributed by atoms with Crippen LogP contribution in [0.1, 0.15) is 59.8 Å². The molecule has 17 heavy (non-hydrogen) atoms. The largest absolute Gasteiger partial charge is 0.423 e. The van der Waals surface area contributed by atoms with Gasteiger partial charge in [-0.05, 0) is 24.3 Å². The van der Waals surface area contributed by atoms with Crippen LogP contribution in [-0.4, -0.2) is 16.4 Å². The Morgan fingerprint density at radius 3 is 2.24 bits per heavy atom. The molecule has 1 nitrogen and oxygen atoms in total. The van der Waals surface area contributed by atoms with Gasteiger partial charge in [0.15, 0.2) is 9.76 Å². The Hall–Kier alpha value is -0.343. The summed E-state index contributed by atoms with van der Waals surface area (Å²) in [5.74, 6) is 0. The molecule has 0 radical (unpaired) electrons. The summed E-state index contributed by atoms with van der Waals surface area (Å²) in [5, 5.41) is 0.422. The van der Waals surface area contributed by atoms with Gasteiger partial charge in [-0.1, -0.05) is 64.8 Å². The summed E-state index contributed by atoms with van der Waals surface area (Å²) in [7, 11) is -0.352. The van der Waals surface area contributed by atoms with E-state index in [1.807, 2.05) is 0 Å². The zero-order valence-corrected chi connectivity index (χ0v) is 13.6. The third-order valence-electron chi connectivity index (χ3n) is 2.29. The molecule has 0 heterocycles. The number of unbranched alkanes of at least 4 members (excludes halogenated alkanes) is 2. The zero-order chi connectivity index (χ0) is 13.0. The molecule has 0 N–H and O–H groups in total. The van der Waals surface area contributed by atoms with Crippen molar-refractivity contribution in [2.24, 2.45) is 0 Å². The zero-order valence-electron chi connectivity index (χ0n) is 12.2. The van der Waals surface area contributed by atoms with E-state index in [0.29, 0.717) is 5.04 Å². The molecule has 0 aliphatic heterocycles. The van der Waals surface area contributed by atoms with E-state index < -0.39 is 0 Å². The van der Waals surface area contributed by atoms with Gasteiger partial charge in [0.25, 0.3) is 0 Å². The van der Waals surface area contributed by atoms with Gasteiger partial charge in [-0.2, -0.15) is 0 Å².